The summed E-state index contributed by atoms with van der Waals surface area (Å²) in [5, 5.41) is 2.77. The molecule has 0 fully saturated rings. The maximum absolute atomic E-state index is 13.0. The van der Waals surface area contributed by atoms with Gasteiger partial charge in [-0.05, 0) is 31.4 Å². The van der Waals surface area contributed by atoms with Gasteiger partial charge >= 0.3 is 0 Å². The fourth-order valence-electron chi connectivity index (χ4n) is 1.34. The van der Waals surface area contributed by atoms with E-state index < -0.39 is 5.82 Å². The van der Waals surface area contributed by atoms with Gasteiger partial charge in [-0.1, -0.05) is 0 Å². The molecule has 1 rings (SSSR count). The van der Waals surface area contributed by atoms with Gasteiger partial charge in [0, 0.05) is 23.0 Å². The number of hydrogen-bond acceptors (Lipinski definition) is 3. The number of nitrogens with two attached hydrogens (primary N) is 1. The van der Waals surface area contributed by atoms with Crippen molar-refractivity contribution in [2.75, 3.05) is 17.7 Å². The lowest BCUT2D eigenvalue weighted by molar-refractivity contribution is 0.0943. The monoisotopic (exact) mass is 242 g/mol. The Morgan fingerprint density at radius 3 is 2.81 bits per heavy atom. The molecule has 0 bridgehead atoms. The van der Waals surface area contributed by atoms with Crippen LogP contribution >= 0.6 is 11.8 Å². The molecule has 5 heteroatoms. The first-order valence-corrected chi connectivity index (χ1v) is 6.28. The maximum atomic E-state index is 13.0. The smallest absolute Gasteiger partial charge is 0.251 e. The standard InChI is InChI=1S/C11H15FN2OS/c1-7(6-16-2)14-11(15)8-3-9(12)5-10(13)4-8/h3-5,7H,6,13H2,1-2H3,(H,14,15). The predicted octanol–water partition coefficient (Wildman–Crippen LogP) is 1.89. The first-order valence-electron chi connectivity index (χ1n) is 4.89. The summed E-state index contributed by atoms with van der Waals surface area (Å²) in [5.41, 5.74) is 5.97. The zero-order chi connectivity index (χ0) is 12.1. The fourth-order valence-corrected chi connectivity index (χ4v) is 1.93. The van der Waals surface area contributed by atoms with Crippen LogP contribution in [-0.2, 0) is 0 Å². The van der Waals surface area contributed by atoms with E-state index in [-0.39, 0.29) is 23.2 Å². The Bertz CT molecular complexity index is 364. The van der Waals surface area contributed by atoms with E-state index in [9.17, 15) is 9.18 Å². The largest absolute Gasteiger partial charge is 0.399 e. The molecular weight excluding hydrogens is 227 g/mol. The number of hydrogen-bond donors (Lipinski definition) is 2. The van der Waals surface area contributed by atoms with E-state index in [0.29, 0.717) is 0 Å². The number of amides is 1. The molecule has 0 saturated heterocycles. The van der Waals surface area contributed by atoms with Crippen LogP contribution in [0.15, 0.2) is 18.2 Å². The minimum absolute atomic E-state index is 0.0481. The molecule has 1 aromatic rings. The number of carbonyl (C=O) groups is 1. The van der Waals surface area contributed by atoms with E-state index in [1.807, 2.05) is 13.2 Å². The number of rotatable bonds is 4. The number of carbonyl (C=O) groups excluding carboxylic acids is 1. The van der Waals surface area contributed by atoms with Crippen LogP contribution in [0.3, 0.4) is 0 Å². The molecule has 88 valence electrons. The molecule has 1 amide bonds. The van der Waals surface area contributed by atoms with Crippen molar-refractivity contribution < 1.29 is 9.18 Å². The Morgan fingerprint density at radius 2 is 2.25 bits per heavy atom. The molecule has 16 heavy (non-hydrogen) atoms. The van der Waals surface area contributed by atoms with Crippen LogP contribution in [0.25, 0.3) is 0 Å². The van der Waals surface area contributed by atoms with Crippen LogP contribution in [0.1, 0.15) is 17.3 Å². The summed E-state index contributed by atoms with van der Waals surface area (Å²) < 4.78 is 13.0. The van der Waals surface area contributed by atoms with E-state index in [0.717, 1.165) is 5.75 Å². The van der Waals surface area contributed by atoms with Gasteiger partial charge in [-0.25, -0.2) is 4.39 Å². The van der Waals surface area contributed by atoms with Gasteiger partial charge in [-0.2, -0.15) is 11.8 Å². The molecule has 3 nitrogen and oxygen atoms in total. The topological polar surface area (TPSA) is 55.1 Å². The van der Waals surface area contributed by atoms with Gasteiger partial charge in [-0.15, -0.1) is 0 Å². The molecule has 1 aromatic carbocycles. The third kappa shape index (κ3) is 3.73. The number of thioether (sulfide) groups is 1. The van der Waals surface area contributed by atoms with Crippen molar-refractivity contribution in [3.63, 3.8) is 0 Å². The normalized spacial score (nSPS) is 12.2. The number of benzene rings is 1. The molecule has 1 unspecified atom stereocenters. The second-order valence-electron chi connectivity index (χ2n) is 3.60. The van der Waals surface area contributed by atoms with E-state index in [4.69, 9.17) is 5.73 Å². The number of halogens is 1. The summed E-state index contributed by atoms with van der Waals surface area (Å²) in [7, 11) is 0. The van der Waals surface area contributed by atoms with Crippen LogP contribution in [0.5, 0.6) is 0 Å². The van der Waals surface area contributed by atoms with Crippen LogP contribution in [-0.4, -0.2) is 24.0 Å². The van der Waals surface area contributed by atoms with Gasteiger partial charge in [0.25, 0.3) is 5.91 Å². The van der Waals surface area contributed by atoms with E-state index >= 15 is 0 Å². The zero-order valence-corrected chi connectivity index (χ0v) is 10.1. The summed E-state index contributed by atoms with van der Waals surface area (Å²) in [6.45, 7) is 1.90. The molecule has 0 radical (unpaired) electrons. The fraction of sp³-hybridized carbons (Fsp3) is 0.364. The van der Waals surface area contributed by atoms with Crippen molar-refractivity contribution in [1.29, 1.82) is 0 Å². The van der Waals surface area contributed by atoms with Gasteiger partial charge < -0.3 is 11.1 Å². The number of nitrogen functional groups attached to an aromatic ring is 1. The van der Waals surface area contributed by atoms with E-state index in [1.165, 1.54) is 18.2 Å². The third-order valence-corrected chi connectivity index (χ3v) is 2.81. The van der Waals surface area contributed by atoms with Crippen LogP contribution < -0.4 is 11.1 Å². The molecule has 0 aliphatic carbocycles. The second-order valence-corrected chi connectivity index (χ2v) is 4.51. The SMILES string of the molecule is CSCC(C)NC(=O)c1cc(N)cc(F)c1. The lowest BCUT2D eigenvalue weighted by atomic mass is 10.1. The first kappa shape index (κ1) is 12.8. The van der Waals surface area contributed by atoms with Crippen molar-refractivity contribution >= 4 is 23.4 Å². The van der Waals surface area contributed by atoms with Gasteiger partial charge in [-0.3, -0.25) is 4.79 Å². The quantitative estimate of drug-likeness (QED) is 0.793. The van der Waals surface area contributed by atoms with E-state index in [1.54, 1.807) is 11.8 Å². The van der Waals surface area contributed by atoms with Gasteiger partial charge in [0.1, 0.15) is 5.82 Å². The molecule has 0 spiro atoms. The molecule has 0 aliphatic heterocycles. The highest BCUT2D eigenvalue weighted by molar-refractivity contribution is 7.98. The van der Waals surface area contributed by atoms with Crippen LogP contribution in [0.4, 0.5) is 10.1 Å². The summed E-state index contributed by atoms with van der Waals surface area (Å²) in [5.74, 6) is 0.0201. The van der Waals surface area contributed by atoms with Crippen LogP contribution in [0, 0.1) is 5.82 Å². The Hall–Kier alpha value is -1.23. The van der Waals surface area contributed by atoms with Crippen molar-refractivity contribution in [2.45, 2.75) is 13.0 Å². The first-order chi connectivity index (χ1) is 7.52. The second kappa shape index (κ2) is 5.75. The number of nitrogens with one attached hydrogen (secondary N) is 1. The van der Waals surface area contributed by atoms with Crippen molar-refractivity contribution in [1.82, 2.24) is 5.32 Å². The molecule has 0 heterocycles. The molecule has 0 aromatic heterocycles. The average Bonchev–Trinajstić information content (AvgIpc) is 2.16. The third-order valence-electron chi connectivity index (χ3n) is 1.98. The highest BCUT2D eigenvalue weighted by Crippen LogP contribution is 2.11. The summed E-state index contributed by atoms with van der Waals surface area (Å²) in [6, 6.07) is 3.87. The highest BCUT2D eigenvalue weighted by atomic mass is 32.2. The Labute approximate surface area is 98.6 Å². The number of anilines is 1. The molecule has 3 N–H and O–H groups in total. The van der Waals surface area contributed by atoms with Gasteiger partial charge in [0.15, 0.2) is 0 Å². The van der Waals surface area contributed by atoms with Crippen LogP contribution in [0.2, 0.25) is 0 Å². The van der Waals surface area contributed by atoms with Gasteiger partial charge in [0.2, 0.25) is 0 Å². The lowest BCUT2D eigenvalue weighted by Gasteiger charge is -2.12. The summed E-state index contributed by atoms with van der Waals surface area (Å²) >= 11 is 1.64. The Balaban J connectivity index is 2.72. The average molecular weight is 242 g/mol. The highest BCUT2D eigenvalue weighted by Gasteiger charge is 2.10. The van der Waals surface area contributed by atoms with Crippen molar-refractivity contribution in [3.05, 3.63) is 29.6 Å². The minimum atomic E-state index is -0.498. The Kier molecular flexibility index (Phi) is 4.61. The molecule has 1 atom stereocenters. The molecule has 0 aliphatic rings. The predicted molar refractivity (Wildman–Crippen MR) is 66.1 cm³/mol. The Morgan fingerprint density at radius 1 is 1.56 bits per heavy atom. The molecular formula is C11H15FN2OS. The van der Waals surface area contributed by atoms with Gasteiger partial charge in [0.05, 0.1) is 0 Å². The van der Waals surface area contributed by atoms with Crippen molar-refractivity contribution in [2.24, 2.45) is 0 Å². The lowest BCUT2D eigenvalue weighted by Crippen LogP contribution is -2.34. The minimum Gasteiger partial charge on any atom is -0.399 e. The maximum Gasteiger partial charge on any atom is 0.251 e. The summed E-state index contributed by atoms with van der Waals surface area (Å²) in [4.78, 5) is 11.7. The molecule has 0 saturated carbocycles. The van der Waals surface area contributed by atoms with Crippen molar-refractivity contribution in [3.8, 4) is 0 Å². The van der Waals surface area contributed by atoms with E-state index in [2.05, 4.69) is 5.32 Å². The zero-order valence-electron chi connectivity index (χ0n) is 9.29. The summed E-state index contributed by atoms with van der Waals surface area (Å²) in [6.07, 6.45) is 1.96.